The molecule has 176 valence electrons. The molecule has 4 rings (SSSR count). The quantitative estimate of drug-likeness (QED) is 0.259. The van der Waals surface area contributed by atoms with Crippen LogP contribution in [0, 0.1) is 5.41 Å². The number of nitrogen functional groups attached to an aromatic ring is 1. The first kappa shape index (κ1) is 23.9. The van der Waals surface area contributed by atoms with E-state index >= 15 is 0 Å². The number of anilines is 1. The third kappa shape index (κ3) is 6.22. The summed E-state index contributed by atoms with van der Waals surface area (Å²) < 4.78 is 1.65. The van der Waals surface area contributed by atoms with Crippen LogP contribution in [-0.2, 0) is 13.0 Å². The number of nitrogens with two attached hydrogens (primary N) is 1. The van der Waals surface area contributed by atoms with Crippen molar-refractivity contribution >= 4 is 28.9 Å². The number of nitrogens with one attached hydrogen (secondary N) is 2. The van der Waals surface area contributed by atoms with E-state index in [-0.39, 0.29) is 23.7 Å². The maximum atomic E-state index is 12.7. The molecule has 0 atom stereocenters. The monoisotopic (exact) mass is 485 g/mol. The van der Waals surface area contributed by atoms with E-state index in [0.717, 1.165) is 16.8 Å². The second-order valence-corrected chi connectivity index (χ2v) is 8.53. The van der Waals surface area contributed by atoms with E-state index in [9.17, 15) is 9.59 Å². The van der Waals surface area contributed by atoms with Gasteiger partial charge in [0, 0.05) is 52.4 Å². The van der Waals surface area contributed by atoms with Crippen molar-refractivity contribution in [3.8, 4) is 0 Å². The summed E-state index contributed by atoms with van der Waals surface area (Å²) in [6.07, 6.45) is 3.92. The zero-order valence-electron chi connectivity index (χ0n) is 18.9. The number of aromatic nitrogens is 2. The molecule has 0 aliphatic rings. The van der Waals surface area contributed by atoms with E-state index in [1.165, 1.54) is 0 Å². The number of hydrogen-bond donors (Lipinski definition) is 3. The Morgan fingerprint density at radius 1 is 1.03 bits per heavy atom. The summed E-state index contributed by atoms with van der Waals surface area (Å²) in [4.78, 5) is 28.9. The van der Waals surface area contributed by atoms with Gasteiger partial charge in [0.05, 0.1) is 18.8 Å². The largest absolute Gasteiger partial charge is 0.398 e. The van der Waals surface area contributed by atoms with Gasteiger partial charge in [-0.3, -0.25) is 14.6 Å². The van der Waals surface area contributed by atoms with Crippen molar-refractivity contribution in [2.45, 2.75) is 13.0 Å². The van der Waals surface area contributed by atoms with Crippen molar-refractivity contribution < 1.29 is 4.79 Å². The van der Waals surface area contributed by atoms with Crippen LogP contribution in [0.2, 0.25) is 5.02 Å². The molecule has 0 aliphatic heterocycles. The van der Waals surface area contributed by atoms with Crippen molar-refractivity contribution in [1.82, 2.24) is 14.9 Å². The third-order valence-corrected chi connectivity index (χ3v) is 5.74. The summed E-state index contributed by atoms with van der Waals surface area (Å²) in [5.41, 5.74) is 10.2. The van der Waals surface area contributed by atoms with Crippen molar-refractivity contribution in [2.24, 2.45) is 0 Å². The first-order chi connectivity index (χ1) is 16.9. The Kier molecular flexibility index (Phi) is 7.38. The van der Waals surface area contributed by atoms with Gasteiger partial charge in [-0.1, -0.05) is 41.9 Å². The number of nitrogens with zero attached hydrogens (tertiary/aromatic N) is 2. The van der Waals surface area contributed by atoms with Crippen LogP contribution in [0.15, 0.2) is 90.0 Å². The van der Waals surface area contributed by atoms with Crippen molar-refractivity contribution in [2.75, 3.05) is 12.3 Å². The van der Waals surface area contributed by atoms with E-state index in [4.69, 9.17) is 22.7 Å². The number of carbonyl (C=O) groups excluding carboxylic acids is 1. The van der Waals surface area contributed by atoms with Crippen molar-refractivity contribution in [1.29, 1.82) is 5.41 Å². The van der Waals surface area contributed by atoms with Crippen LogP contribution in [-0.4, -0.2) is 27.7 Å². The van der Waals surface area contributed by atoms with Gasteiger partial charge in [-0.15, -0.1) is 0 Å². The molecule has 1 amide bonds. The summed E-state index contributed by atoms with van der Waals surface area (Å²) in [6, 6.07) is 21.3. The molecule has 2 heterocycles. The number of carbonyl (C=O) groups is 1. The Balaban J connectivity index is 1.37. The molecular formula is C27H24ClN5O2. The van der Waals surface area contributed by atoms with Crippen LogP contribution in [0.25, 0.3) is 0 Å². The molecule has 2 aromatic carbocycles. The summed E-state index contributed by atoms with van der Waals surface area (Å²) in [5, 5.41) is 11.5. The Bertz CT molecular complexity index is 1430. The van der Waals surface area contributed by atoms with Gasteiger partial charge in [0.1, 0.15) is 0 Å². The Labute approximate surface area is 207 Å². The molecule has 0 saturated heterocycles. The number of halogens is 1. The summed E-state index contributed by atoms with van der Waals surface area (Å²) in [6.45, 7) is 0.525. The van der Waals surface area contributed by atoms with Crippen LogP contribution >= 0.6 is 11.6 Å². The lowest BCUT2D eigenvalue weighted by Crippen LogP contribution is -2.30. The predicted octanol–water partition coefficient (Wildman–Crippen LogP) is 3.92. The maximum Gasteiger partial charge on any atom is 0.251 e. The Hall–Kier alpha value is -4.23. The molecule has 0 spiro atoms. The second kappa shape index (κ2) is 10.8. The second-order valence-electron chi connectivity index (χ2n) is 8.09. The fourth-order valence-corrected chi connectivity index (χ4v) is 3.80. The lowest BCUT2D eigenvalue weighted by Gasteiger charge is -2.10. The first-order valence-electron chi connectivity index (χ1n) is 11.0. The molecule has 0 saturated carbocycles. The predicted molar refractivity (Wildman–Crippen MR) is 138 cm³/mol. The average Bonchev–Trinajstić information content (AvgIpc) is 2.86. The number of amides is 1. The Morgan fingerprint density at radius 3 is 2.57 bits per heavy atom. The van der Waals surface area contributed by atoms with Crippen LogP contribution in [0.4, 0.5) is 5.69 Å². The van der Waals surface area contributed by atoms with Gasteiger partial charge in [-0.05, 0) is 47.5 Å². The molecule has 0 bridgehead atoms. The van der Waals surface area contributed by atoms with Gasteiger partial charge >= 0.3 is 0 Å². The normalized spacial score (nSPS) is 10.7. The maximum absolute atomic E-state index is 12.7. The minimum Gasteiger partial charge on any atom is -0.398 e. The summed E-state index contributed by atoms with van der Waals surface area (Å²) >= 11 is 5.99. The molecule has 0 aliphatic carbocycles. The molecule has 4 aromatic rings. The molecule has 2 aromatic heterocycles. The zero-order valence-corrected chi connectivity index (χ0v) is 19.6. The number of hydrogen-bond acceptors (Lipinski definition) is 5. The number of pyridine rings is 2. The average molecular weight is 486 g/mol. The van der Waals surface area contributed by atoms with Crippen molar-refractivity contribution in [3.63, 3.8) is 0 Å². The standard InChI is InChI=1S/C27H24ClN5O2/c28-21-8-9-24(29)23(15-21)25(30)16-32-27(35)20-10-11-31-22(14-20)13-18-4-6-19(7-5-18)17-33-12-2-1-3-26(33)34/h1-12,14-15,30H,13,16-17,29H2,(H,32,35). The Morgan fingerprint density at radius 2 is 1.80 bits per heavy atom. The molecular weight excluding hydrogens is 462 g/mol. The molecule has 8 heteroatoms. The topological polar surface area (TPSA) is 114 Å². The van der Waals surface area contributed by atoms with Gasteiger partial charge < -0.3 is 21.0 Å². The van der Waals surface area contributed by atoms with Gasteiger partial charge in [0.25, 0.3) is 11.5 Å². The number of rotatable bonds is 8. The smallest absolute Gasteiger partial charge is 0.251 e. The molecule has 35 heavy (non-hydrogen) atoms. The first-order valence-corrected chi connectivity index (χ1v) is 11.4. The fraction of sp³-hybridized carbons (Fsp3) is 0.111. The molecule has 0 unspecified atom stereocenters. The van der Waals surface area contributed by atoms with Crippen LogP contribution in [0.3, 0.4) is 0 Å². The van der Waals surface area contributed by atoms with E-state index in [2.05, 4.69) is 10.3 Å². The minimum absolute atomic E-state index is 0.0208. The van der Waals surface area contributed by atoms with Gasteiger partial charge in [0.15, 0.2) is 0 Å². The van der Waals surface area contributed by atoms with E-state index in [1.54, 1.807) is 59.4 Å². The highest BCUT2D eigenvalue weighted by molar-refractivity contribution is 6.31. The van der Waals surface area contributed by atoms with Crippen LogP contribution in [0.1, 0.15) is 32.7 Å². The van der Waals surface area contributed by atoms with E-state index < -0.39 is 0 Å². The van der Waals surface area contributed by atoms with Gasteiger partial charge in [-0.25, -0.2) is 0 Å². The highest BCUT2D eigenvalue weighted by Gasteiger charge is 2.11. The molecule has 4 N–H and O–H groups in total. The van der Waals surface area contributed by atoms with Gasteiger partial charge in [-0.2, -0.15) is 0 Å². The SMILES string of the molecule is N=C(CNC(=O)c1ccnc(Cc2ccc(Cn3ccccc3=O)cc2)c1)c1cc(Cl)ccc1N. The molecule has 0 radical (unpaired) electrons. The highest BCUT2D eigenvalue weighted by atomic mass is 35.5. The highest BCUT2D eigenvalue weighted by Crippen LogP contribution is 2.18. The number of benzene rings is 2. The van der Waals surface area contributed by atoms with Crippen LogP contribution < -0.4 is 16.6 Å². The van der Waals surface area contributed by atoms with E-state index in [1.807, 2.05) is 30.3 Å². The molecule has 0 fully saturated rings. The fourth-order valence-electron chi connectivity index (χ4n) is 3.63. The van der Waals surface area contributed by atoms with E-state index in [0.29, 0.717) is 34.8 Å². The molecule has 7 nitrogen and oxygen atoms in total. The minimum atomic E-state index is -0.303. The zero-order chi connectivity index (χ0) is 24.8. The lowest BCUT2D eigenvalue weighted by atomic mass is 10.1. The third-order valence-electron chi connectivity index (χ3n) is 5.51. The van der Waals surface area contributed by atoms with Crippen LogP contribution in [0.5, 0.6) is 0 Å². The summed E-state index contributed by atoms with van der Waals surface area (Å²) in [7, 11) is 0. The lowest BCUT2D eigenvalue weighted by molar-refractivity contribution is 0.0959. The van der Waals surface area contributed by atoms with Gasteiger partial charge in [0.2, 0.25) is 0 Å². The summed E-state index contributed by atoms with van der Waals surface area (Å²) in [5.74, 6) is -0.303. The van der Waals surface area contributed by atoms with Crippen molar-refractivity contribution in [3.05, 3.63) is 129 Å².